The van der Waals surface area contributed by atoms with Gasteiger partial charge in [0.15, 0.2) is 5.84 Å². The number of nitrogens with two attached hydrogens (primary N) is 1. The van der Waals surface area contributed by atoms with Crippen molar-refractivity contribution in [3.63, 3.8) is 0 Å². The Morgan fingerprint density at radius 2 is 2.31 bits per heavy atom. The molecule has 6 heteroatoms. The van der Waals surface area contributed by atoms with Crippen molar-refractivity contribution in [3.05, 3.63) is 0 Å². The largest absolute Gasteiger partial charge is 0.409 e. The van der Waals surface area contributed by atoms with Crippen molar-refractivity contribution in [1.29, 1.82) is 0 Å². The highest BCUT2D eigenvalue weighted by atomic mass is 16.5. The Labute approximate surface area is 76.7 Å². The minimum Gasteiger partial charge on any atom is -0.409 e. The Morgan fingerprint density at radius 3 is 2.77 bits per heavy atom. The lowest BCUT2D eigenvalue weighted by molar-refractivity contribution is -0.126. The van der Waals surface area contributed by atoms with E-state index in [2.05, 4.69) is 10.5 Å². The maximum atomic E-state index is 10.9. The average Bonchev–Trinajstić information content (AvgIpc) is 2.10. The van der Waals surface area contributed by atoms with Gasteiger partial charge in [-0.15, -0.1) is 0 Å². The molecule has 4 N–H and O–H groups in total. The summed E-state index contributed by atoms with van der Waals surface area (Å²) in [5.74, 6) is -0.335. The number of hydrogen-bond acceptors (Lipinski definition) is 4. The van der Waals surface area contributed by atoms with Gasteiger partial charge >= 0.3 is 0 Å². The van der Waals surface area contributed by atoms with E-state index in [-0.39, 0.29) is 31.0 Å². The van der Waals surface area contributed by atoms with Gasteiger partial charge in [-0.05, 0) is 13.8 Å². The van der Waals surface area contributed by atoms with Gasteiger partial charge in [0.25, 0.3) is 0 Å². The van der Waals surface area contributed by atoms with Gasteiger partial charge in [0.2, 0.25) is 5.91 Å². The molecule has 76 valence electrons. The third-order valence-electron chi connectivity index (χ3n) is 1.14. The van der Waals surface area contributed by atoms with Crippen LogP contribution in [0.15, 0.2) is 5.16 Å². The van der Waals surface area contributed by atoms with Gasteiger partial charge in [-0.2, -0.15) is 0 Å². The number of amides is 1. The van der Waals surface area contributed by atoms with E-state index in [1.54, 1.807) is 0 Å². The number of carbonyl (C=O) groups excluding carboxylic acids is 1. The van der Waals surface area contributed by atoms with Crippen LogP contribution in [0.4, 0.5) is 0 Å². The van der Waals surface area contributed by atoms with E-state index in [0.717, 1.165) is 0 Å². The summed E-state index contributed by atoms with van der Waals surface area (Å²) in [4.78, 5) is 10.9. The van der Waals surface area contributed by atoms with Crippen LogP contribution in [0.2, 0.25) is 0 Å². The molecule has 0 spiro atoms. The fraction of sp³-hybridized carbons (Fsp3) is 0.714. The van der Waals surface area contributed by atoms with Crippen molar-refractivity contribution in [2.45, 2.75) is 20.0 Å². The first-order valence-electron chi connectivity index (χ1n) is 3.91. The van der Waals surface area contributed by atoms with Gasteiger partial charge in [-0.1, -0.05) is 5.16 Å². The molecule has 0 heterocycles. The Hall–Kier alpha value is -1.30. The fourth-order valence-corrected chi connectivity index (χ4v) is 0.518. The standard InChI is InChI=1S/C7H15N3O3/c1-5(2)13-4-7(11)9-3-6(8)10-12/h5,12H,3-4H2,1-2H3,(H2,8,10)(H,9,11). The molecular formula is C7H15N3O3. The molecule has 0 rings (SSSR count). The first-order chi connectivity index (χ1) is 6.06. The lowest BCUT2D eigenvalue weighted by Gasteiger charge is -2.07. The first-order valence-corrected chi connectivity index (χ1v) is 3.91. The van der Waals surface area contributed by atoms with Gasteiger partial charge in [0, 0.05) is 0 Å². The number of amidine groups is 1. The van der Waals surface area contributed by atoms with Crippen LogP contribution in [-0.2, 0) is 9.53 Å². The smallest absolute Gasteiger partial charge is 0.246 e. The number of ether oxygens (including phenoxy) is 1. The SMILES string of the molecule is CC(C)OCC(=O)NCC(N)=NO. The summed E-state index contributed by atoms with van der Waals surface area (Å²) in [6.45, 7) is 3.67. The molecule has 13 heavy (non-hydrogen) atoms. The maximum Gasteiger partial charge on any atom is 0.246 e. The molecule has 0 radical (unpaired) electrons. The zero-order chi connectivity index (χ0) is 10.3. The predicted octanol–water partition coefficient (Wildman–Crippen LogP) is -0.726. The number of oxime groups is 1. The number of nitrogens with one attached hydrogen (secondary N) is 1. The van der Waals surface area contributed by atoms with Crippen LogP contribution < -0.4 is 11.1 Å². The minimum atomic E-state index is -0.291. The zero-order valence-electron chi connectivity index (χ0n) is 7.78. The Balaban J connectivity index is 3.52. The van der Waals surface area contributed by atoms with Crippen molar-refractivity contribution in [3.8, 4) is 0 Å². The van der Waals surface area contributed by atoms with E-state index in [0.29, 0.717) is 0 Å². The summed E-state index contributed by atoms with van der Waals surface area (Å²) in [6.07, 6.45) is 0.00889. The molecular weight excluding hydrogens is 174 g/mol. The van der Waals surface area contributed by atoms with E-state index >= 15 is 0 Å². The second kappa shape index (κ2) is 6.24. The van der Waals surface area contributed by atoms with Crippen molar-refractivity contribution in [2.75, 3.05) is 13.2 Å². The molecule has 1 amide bonds. The van der Waals surface area contributed by atoms with Gasteiger partial charge in [-0.3, -0.25) is 4.79 Å². The third kappa shape index (κ3) is 7.07. The second-order valence-corrected chi connectivity index (χ2v) is 2.73. The highest BCUT2D eigenvalue weighted by Crippen LogP contribution is 1.85. The van der Waals surface area contributed by atoms with E-state index in [1.165, 1.54) is 0 Å². The molecule has 0 fully saturated rings. The summed E-state index contributed by atoms with van der Waals surface area (Å²) in [5.41, 5.74) is 5.12. The maximum absolute atomic E-state index is 10.9. The van der Waals surface area contributed by atoms with Crippen molar-refractivity contribution in [2.24, 2.45) is 10.9 Å². The number of carbonyl (C=O) groups is 1. The molecule has 0 aliphatic rings. The molecule has 0 saturated heterocycles. The van der Waals surface area contributed by atoms with E-state index < -0.39 is 0 Å². The Bertz CT molecular complexity index is 191. The predicted molar refractivity (Wildman–Crippen MR) is 47.5 cm³/mol. The van der Waals surface area contributed by atoms with E-state index in [1.807, 2.05) is 13.8 Å². The normalized spacial score (nSPS) is 11.8. The molecule has 6 nitrogen and oxygen atoms in total. The third-order valence-corrected chi connectivity index (χ3v) is 1.14. The monoisotopic (exact) mass is 189 g/mol. The number of hydrogen-bond donors (Lipinski definition) is 3. The van der Waals surface area contributed by atoms with Gasteiger partial charge in [0.1, 0.15) is 6.61 Å². The van der Waals surface area contributed by atoms with Gasteiger partial charge in [-0.25, -0.2) is 0 Å². The lowest BCUT2D eigenvalue weighted by atomic mass is 10.5. The van der Waals surface area contributed by atoms with Crippen LogP contribution in [0.5, 0.6) is 0 Å². The van der Waals surface area contributed by atoms with E-state index in [9.17, 15) is 4.79 Å². The summed E-state index contributed by atoms with van der Waals surface area (Å²) in [6, 6.07) is 0. The quantitative estimate of drug-likeness (QED) is 0.230. The van der Waals surface area contributed by atoms with Crippen molar-refractivity contribution < 1.29 is 14.7 Å². The molecule has 0 aromatic carbocycles. The minimum absolute atomic E-state index is 0.00889. The molecule has 0 aromatic rings. The van der Waals surface area contributed by atoms with Crippen LogP contribution in [0.25, 0.3) is 0 Å². The number of rotatable bonds is 5. The van der Waals surface area contributed by atoms with Crippen LogP contribution in [0, 0.1) is 0 Å². The Kier molecular flexibility index (Phi) is 5.62. The van der Waals surface area contributed by atoms with Gasteiger partial charge < -0.3 is 21.0 Å². The molecule has 0 atom stereocenters. The van der Waals surface area contributed by atoms with Crippen LogP contribution in [-0.4, -0.2) is 36.2 Å². The second-order valence-electron chi connectivity index (χ2n) is 2.73. The Morgan fingerprint density at radius 1 is 1.69 bits per heavy atom. The highest BCUT2D eigenvalue weighted by Gasteiger charge is 2.03. The summed E-state index contributed by atoms with van der Waals surface area (Å²) in [5, 5.41) is 13.2. The molecule has 0 aromatic heterocycles. The molecule has 0 saturated carbocycles. The fourth-order valence-electron chi connectivity index (χ4n) is 0.518. The van der Waals surface area contributed by atoms with Crippen LogP contribution in [0.3, 0.4) is 0 Å². The van der Waals surface area contributed by atoms with Crippen molar-refractivity contribution >= 4 is 11.7 Å². The molecule has 0 unspecified atom stereocenters. The molecule has 0 bridgehead atoms. The van der Waals surface area contributed by atoms with Crippen molar-refractivity contribution in [1.82, 2.24) is 5.32 Å². The summed E-state index contributed by atoms with van der Waals surface area (Å²) >= 11 is 0. The first kappa shape index (κ1) is 11.7. The molecule has 0 aliphatic heterocycles. The highest BCUT2D eigenvalue weighted by molar-refractivity contribution is 5.87. The number of nitrogens with zero attached hydrogens (tertiary/aromatic N) is 1. The zero-order valence-corrected chi connectivity index (χ0v) is 7.78. The molecule has 0 aliphatic carbocycles. The van der Waals surface area contributed by atoms with Crippen LogP contribution >= 0.6 is 0 Å². The summed E-state index contributed by atoms with van der Waals surface area (Å²) in [7, 11) is 0. The van der Waals surface area contributed by atoms with Crippen LogP contribution in [0.1, 0.15) is 13.8 Å². The average molecular weight is 189 g/mol. The van der Waals surface area contributed by atoms with Gasteiger partial charge in [0.05, 0.1) is 12.6 Å². The van der Waals surface area contributed by atoms with E-state index in [4.69, 9.17) is 15.7 Å². The summed E-state index contributed by atoms with van der Waals surface area (Å²) < 4.78 is 5.01. The lowest BCUT2D eigenvalue weighted by Crippen LogP contribution is -2.36. The topological polar surface area (TPSA) is 96.9 Å².